The summed E-state index contributed by atoms with van der Waals surface area (Å²) in [6.45, 7) is 0.0833. The van der Waals surface area contributed by atoms with Crippen molar-refractivity contribution in [3.05, 3.63) is 63.9 Å². The SMILES string of the molecule is O=C(CCn1nnc2ccccc2c1=O)Oc1ccccc1Cl. The molecule has 0 aliphatic rings. The molecule has 0 spiro atoms. The van der Waals surface area contributed by atoms with Gasteiger partial charge in [0.25, 0.3) is 5.56 Å². The van der Waals surface area contributed by atoms with Crippen LogP contribution in [0.5, 0.6) is 5.75 Å². The molecule has 0 radical (unpaired) electrons. The number of rotatable bonds is 4. The Kier molecular flexibility index (Phi) is 4.34. The molecule has 1 aromatic heterocycles. The summed E-state index contributed by atoms with van der Waals surface area (Å²) >= 11 is 5.92. The Bertz CT molecular complexity index is 924. The maximum Gasteiger partial charge on any atom is 0.313 e. The fraction of sp³-hybridized carbons (Fsp3) is 0.125. The van der Waals surface area contributed by atoms with Gasteiger partial charge in [-0.05, 0) is 24.3 Å². The fourth-order valence-electron chi connectivity index (χ4n) is 2.07. The van der Waals surface area contributed by atoms with Crippen LogP contribution in [0.4, 0.5) is 0 Å². The van der Waals surface area contributed by atoms with E-state index in [1.807, 2.05) is 0 Å². The lowest BCUT2D eigenvalue weighted by atomic mass is 10.2. The van der Waals surface area contributed by atoms with E-state index < -0.39 is 5.97 Å². The van der Waals surface area contributed by atoms with Gasteiger partial charge in [0.1, 0.15) is 11.3 Å². The number of nitrogens with zero attached hydrogens (tertiary/aromatic N) is 3. The largest absolute Gasteiger partial charge is 0.425 e. The zero-order valence-corrected chi connectivity index (χ0v) is 12.7. The zero-order valence-electron chi connectivity index (χ0n) is 12.0. The number of para-hydroxylation sites is 1. The highest BCUT2D eigenvalue weighted by Gasteiger charge is 2.10. The quantitative estimate of drug-likeness (QED) is 0.543. The third-order valence-corrected chi connectivity index (χ3v) is 3.53. The number of hydrogen-bond donors (Lipinski definition) is 0. The van der Waals surface area contributed by atoms with Crippen LogP contribution in [0.25, 0.3) is 10.9 Å². The second-order valence-corrected chi connectivity index (χ2v) is 5.20. The lowest BCUT2D eigenvalue weighted by Crippen LogP contribution is -2.26. The predicted molar refractivity (Wildman–Crippen MR) is 85.5 cm³/mol. The molecule has 3 rings (SSSR count). The molecule has 0 unspecified atom stereocenters. The van der Waals surface area contributed by atoms with E-state index in [0.29, 0.717) is 15.9 Å². The number of fused-ring (bicyclic) bond motifs is 1. The van der Waals surface area contributed by atoms with Crippen molar-refractivity contribution in [3.63, 3.8) is 0 Å². The van der Waals surface area contributed by atoms with Gasteiger partial charge in [-0.15, -0.1) is 5.10 Å². The van der Waals surface area contributed by atoms with Crippen LogP contribution in [0.1, 0.15) is 6.42 Å². The van der Waals surface area contributed by atoms with Gasteiger partial charge in [-0.1, -0.05) is 41.1 Å². The molecule has 0 saturated heterocycles. The van der Waals surface area contributed by atoms with E-state index in [1.54, 1.807) is 48.5 Å². The Labute approximate surface area is 136 Å². The van der Waals surface area contributed by atoms with Crippen molar-refractivity contribution in [2.24, 2.45) is 0 Å². The molecule has 0 N–H and O–H groups in total. The number of aromatic nitrogens is 3. The maximum absolute atomic E-state index is 12.2. The van der Waals surface area contributed by atoms with Gasteiger partial charge in [0.05, 0.1) is 23.4 Å². The minimum atomic E-state index is -0.500. The standard InChI is InChI=1S/C16H12ClN3O3/c17-12-6-2-4-8-14(12)23-15(21)9-10-20-16(22)11-5-1-3-7-13(11)18-19-20/h1-8H,9-10H2. The second-order valence-electron chi connectivity index (χ2n) is 4.79. The normalized spacial score (nSPS) is 10.7. The highest BCUT2D eigenvalue weighted by Crippen LogP contribution is 2.23. The number of benzene rings is 2. The number of hydrogen-bond acceptors (Lipinski definition) is 5. The van der Waals surface area contributed by atoms with E-state index in [0.717, 1.165) is 4.68 Å². The van der Waals surface area contributed by atoms with Gasteiger partial charge in [0.15, 0.2) is 0 Å². The molecule has 0 amide bonds. The minimum absolute atomic E-state index is 0.0157. The summed E-state index contributed by atoms with van der Waals surface area (Å²) in [7, 11) is 0. The summed E-state index contributed by atoms with van der Waals surface area (Å²) in [6.07, 6.45) is -0.0157. The average Bonchev–Trinajstić information content (AvgIpc) is 2.57. The molecule has 0 fully saturated rings. The summed E-state index contributed by atoms with van der Waals surface area (Å²) in [5.41, 5.74) is 0.230. The van der Waals surface area contributed by atoms with Crippen molar-refractivity contribution < 1.29 is 9.53 Å². The van der Waals surface area contributed by atoms with Crippen LogP contribution in [0.3, 0.4) is 0 Å². The summed E-state index contributed by atoms with van der Waals surface area (Å²) in [5.74, 6) is -0.212. The van der Waals surface area contributed by atoms with Crippen LogP contribution in [-0.4, -0.2) is 21.0 Å². The zero-order chi connectivity index (χ0) is 16.2. The molecule has 2 aromatic carbocycles. The molecule has 1 heterocycles. The van der Waals surface area contributed by atoms with Gasteiger partial charge >= 0.3 is 5.97 Å². The third kappa shape index (κ3) is 3.37. The minimum Gasteiger partial charge on any atom is -0.425 e. The molecule has 3 aromatic rings. The van der Waals surface area contributed by atoms with E-state index >= 15 is 0 Å². The number of ether oxygens (including phenoxy) is 1. The number of carbonyl (C=O) groups excluding carboxylic acids is 1. The monoisotopic (exact) mass is 329 g/mol. The van der Waals surface area contributed by atoms with Crippen LogP contribution in [0, 0.1) is 0 Å². The Balaban J connectivity index is 1.71. The van der Waals surface area contributed by atoms with Gasteiger partial charge < -0.3 is 4.74 Å². The number of carbonyl (C=O) groups is 1. The molecule has 0 atom stereocenters. The van der Waals surface area contributed by atoms with Crippen LogP contribution in [-0.2, 0) is 11.3 Å². The molecule has 116 valence electrons. The second kappa shape index (κ2) is 6.58. The summed E-state index contributed by atoms with van der Waals surface area (Å²) in [4.78, 5) is 24.1. The van der Waals surface area contributed by atoms with Crippen molar-refractivity contribution in [1.82, 2.24) is 15.0 Å². The van der Waals surface area contributed by atoms with E-state index in [2.05, 4.69) is 10.3 Å². The van der Waals surface area contributed by atoms with Crippen molar-refractivity contribution in [3.8, 4) is 5.75 Å². The summed E-state index contributed by atoms with van der Waals surface area (Å²) in [6, 6.07) is 13.6. The molecule has 7 heteroatoms. The molecule has 0 saturated carbocycles. The maximum atomic E-state index is 12.2. The van der Waals surface area contributed by atoms with Crippen LogP contribution < -0.4 is 10.3 Å². The molecule has 6 nitrogen and oxygen atoms in total. The van der Waals surface area contributed by atoms with Gasteiger partial charge in [-0.2, -0.15) is 0 Å². The van der Waals surface area contributed by atoms with Crippen molar-refractivity contribution in [2.75, 3.05) is 0 Å². The molecular weight excluding hydrogens is 318 g/mol. The topological polar surface area (TPSA) is 74.1 Å². The first-order chi connectivity index (χ1) is 11.1. The smallest absolute Gasteiger partial charge is 0.313 e. The molecule has 0 aliphatic carbocycles. The summed E-state index contributed by atoms with van der Waals surface area (Å²) < 4.78 is 6.31. The lowest BCUT2D eigenvalue weighted by molar-refractivity contribution is -0.134. The highest BCUT2D eigenvalue weighted by atomic mass is 35.5. The number of halogens is 1. The Morgan fingerprint density at radius 1 is 1.13 bits per heavy atom. The predicted octanol–water partition coefficient (Wildman–Crippen LogP) is 2.44. The van der Waals surface area contributed by atoms with Crippen LogP contribution in [0.2, 0.25) is 5.02 Å². The third-order valence-electron chi connectivity index (χ3n) is 3.22. The first kappa shape index (κ1) is 15.2. The molecule has 0 aliphatic heterocycles. The fourth-order valence-corrected chi connectivity index (χ4v) is 2.24. The van der Waals surface area contributed by atoms with E-state index in [9.17, 15) is 9.59 Å². The molecule has 0 bridgehead atoms. The van der Waals surface area contributed by atoms with E-state index in [-0.39, 0.29) is 24.3 Å². The van der Waals surface area contributed by atoms with Crippen LogP contribution in [0.15, 0.2) is 53.3 Å². The lowest BCUT2D eigenvalue weighted by Gasteiger charge is -2.07. The van der Waals surface area contributed by atoms with Crippen molar-refractivity contribution >= 4 is 28.5 Å². The van der Waals surface area contributed by atoms with Crippen LogP contribution >= 0.6 is 11.6 Å². The van der Waals surface area contributed by atoms with E-state index in [4.69, 9.17) is 16.3 Å². The highest BCUT2D eigenvalue weighted by molar-refractivity contribution is 6.32. The Morgan fingerprint density at radius 3 is 2.70 bits per heavy atom. The number of aryl methyl sites for hydroxylation is 1. The van der Waals surface area contributed by atoms with Gasteiger partial charge in [0, 0.05) is 0 Å². The Morgan fingerprint density at radius 2 is 1.87 bits per heavy atom. The first-order valence-electron chi connectivity index (χ1n) is 6.93. The number of esters is 1. The van der Waals surface area contributed by atoms with Crippen molar-refractivity contribution in [2.45, 2.75) is 13.0 Å². The average molecular weight is 330 g/mol. The van der Waals surface area contributed by atoms with Gasteiger partial charge in [0.2, 0.25) is 0 Å². The Hall–Kier alpha value is -2.73. The van der Waals surface area contributed by atoms with Gasteiger partial charge in [-0.3, -0.25) is 9.59 Å². The van der Waals surface area contributed by atoms with E-state index in [1.165, 1.54) is 0 Å². The van der Waals surface area contributed by atoms with Crippen molar-refractivity contribution in [1.29, 1.82) is 0 Å². The first-order valence-corrected chi connectivity index (χ1v) is 7.31. The molecular formula is C16H12ClN3O3. The summed E-state index contributed by atoms with van der Waals surface area (Å²) in [5, 5.41) is 8.59. The van der Waals surface area contributed by atoms with Gasteiger partial charge in [-0.25, -0.2) is 4.68 Å². The molecule has 23 heavy (non-hydrogen) atoms.